The highest BCUT2D eigenvalue weighted by atomic mass is 32.2. The lowest BCUT2D eigenvalue weighted by Crippen LogP contribution is -2.20. The summed E-state index contributed by atoms with van der Waals surface area (Å²) in [7, 11) is -1.86. The highest BCUT2D eigenvalue weighted by Gasteiger charge is 2.31. The second kappa shape index (κ2) is 6.47. The molecule has 1 aromatic carbocycles. The van der Waals surface area contributed by atoms with Gasteiger partial charge in [0.1, 0.15) is 0 Å². The maximum absolute atomic E-state index is 12.1. The predicted octanol–water partition coefficient (Wildman–Crippen LogP) is 2.23. The molecular formula is C15H21NO4S. The number of esters is 1. The number of anilines is 1. The first-order chi connectivity index (χ1) is 9.97. The first kappa shape index (κ1) is 15.8. The Hall–Kier alpha value is -1.56. The molecule has 1 N–H and O–H groups in total. The summed E-state index contributed by atoms with van der Waals surface area (Å²) in [4.78, 5) is 11.9. The van der Waals surface area contributed by atoms with E-state index in [-0.39, 0.29) is 23.7 Å². The summed E-state index contributed by atoms with van der Waals surface area (Å²) in [6.07, 6.45) is 2.28. The van der Waals surface area contributed by atoms with Gasteiger partial charge in [0, 0.05) is 6.04 Å². The third kappa shape index (κ3) is 3.56. The molecular weight excluding hydrogens is 290 g/mol. The quantitative estimate of drug-likeness (QED) is 0.844. The number of para-hydroxylation sites is 1. The highest BCUT2D eigenvalue weighted by molar-refractivity contribution is 7.91. The lowest BCUT2D eigenvalue weighted by atomic mass is 10.1. The van der Waals surface area contributed by atoms with Gasteiger partial charge >= 0.3 is 5.97 Å². The molecule has 0 saturated heterocycles. The van der Waals surface area contributed by atoms with E-state index in [1.807, 2.05) is 6.07 Å². The molecule has 5 nitrogen and oxygen atoms in total. The van der Waals surface area contributed by atoms with Crippen molar-refractivity contribution in [2.75, 3.05) is 18.2 Å². The summed E-state index contributed by atoms with van der Waals surface area (Å²) in [5, 5.41) is 3.27. The Kier molecular flexibility index (Phi) is 4.88. The van der Waals surface area contributed by atoms with Gasteiger partial charge in [-0.25, -0.2) is 8.42 Å². The van der Waals surface area contributed by atoms with Gasteiger partial charge < -0.3 is 10.1 Å². The van der Waals surface area contributed by atoms with E-state index in [0.717, 1.165) is 12.8 Å². The molecule has 1 aliphatic carbocycles. The first-order valence-electron chi connectivity index (χ1n) is 7.14. The van der Waals surface area contributed by atoms with E-state index in [9.17, 15) is 13.2 Å². The summed E-state index contributed by atoms with van der Waals surface area (Å²) in [6, 6.07) is 7.02. The summed E-state index contributed by atoms with van der Waals surface area (Å²) >= 11 is 0. The Morgan fingerprint density at radius 2 is 2.05 bits per heavy atom. The molecule has 0 bridgehead atoms. The fraction of sp³-hybridized carbons (Fsp3) is 0.533. The molecule has 0 spiro atoms. The van der Waals surface area contributed by atoms with Crippen molar-refractivity contribution in [2.24, 2.45) is 5.92 Å². The molecule has 0 radical (unpaired) electrons. The van der Waals surface area contributed by atoms with Crippen LogP contribution >= 0.6 is 0 Å². The average Bonchev–Trinajstić information content (AvgIpc) is 2.95. The zero-order valence-electron chi connectivity index (χ0n) is 12.3. The number of ether oxygens (including phenoxy) is 1. The van der Waals surface area contributed by atoms with Gasteiger partial charge in [-0.05, 0) is 31.4 Å². The second-order valence-corrected chi connectivity index (χ2v) is 7.52. The molecule has 2 atom stereocenters. The van der Waals surface area contributed by atoms with E-state index in [1.165, 1.54) is 7.11 Å². The normalized spacial score (nSPS) is 22.0. The topological polar surface area (TPSA) is 72.5 Å². The molecule has 0 aliphatic heterocycles. The van der Waals surface area contributed by atoms with Crippen LogP contribution in [0.3, 0.4) is 0 Å². The van der Waals surface area contributed by atoms with Crippen LogP contribution in [-0.4, -0.2) is 33.3 Å². The van der Waals surface area contributed by atoms with Crippen LogP contribution in [0.25, 0.3) is 0 Å². The largest absolute Gasteiger partial charge is 0.469 e. The zero-order chi connectivity index (χ0) is 15.5. The Bertz CT molecular complexity index is 612. The standard InChI is InChI=1S/C15H21NO4S/c1-3-21(18,19)14-7-5-4-6-13(14)16-12-9-8-11(10-12)15(17)20-2/h4-7,11-12,16H,3,8-10H2,1-2H3/t11-,12+/m0/s1. The summed E-state index contributed by atoms with van der Waals surface area (Å²) in [5.41, 5.74) is 0.620. The predicted molar refractivity (Wildman–Crippen MR) is 80.9 cm³/mol. The van der Waals surface area contributed by atoms with Gasteiger partial charge in [0.25, 0.3) is 0 Å². The van der Waals surface area contributed by atoms with Crippen LogP contribution < -0.4 is 5.32 Å². The molecule has 1 saturated carbocycles. The minimum atomic E-state index is -3.26. The minimum Gasteiger partial charge on any atom is -0.469 e. The molecule has 1 aliphatic rings. The van der Waals surface area contributed by atoms with Crippen molar-refractivity contribution >= 4 is 21.5 Å². The van der Waals surface area contributed by atoms with E-state index < -0.39 is 9.84 Å². The maximum atomic E-state index is 12.1. The van der Waals surface area contributed by atoms with Gasteiger partial charge in [-0.3, -0.25) is 4.79 Å². The average molecular weight is 311 g/mol. The zero-order valence-corrected chi connectivity index (χ0v) is 13.2. The van der Waals surface area contributed by atoms with E-state index in [2.05, 4.69) is 5.32 Å². The number of hydrogen-bond donors (Lipinski definition) is 1. The Balaban J connectivity index is 2.13. The second-order valence-electron chi connectivity index (χ2n) is 5.27. The Labute approximate surface area is 125 Å². The molecule has 21 heavy (non-hydrogen) atoms. The molecule has 116 valence electrons. The van der Waals surface area contributed by atoms with Crippen molar-refractivity contribution in [1.82, 2.24) is 0 Å². The number of hydrogen-bond acceptors (Lipinski definition) is 5. The van der Waals surface area contributed by atoms with Gasteiger partial charge in [0.2, 0.25) is 0 Å². The van der Waals surface area contributed by atoms with E-state index >= 15 is 0 Å². The van der Waals surface area contributed by atoms with Crippen molar-refractivity contribution in [3.05, 3.63) is 24.3 Å². The molecule has 0 aromatic heterocycles. The number of carbonyl (C=O) groups is 1. The van der Waals surface area contributed by atoms with Crippen LogP contribution in [0.1, 0.15) is 26.2 Å². The van der Waals surface area contributed by atoms with Crippen molar-refractivity contribution < 1.29 is 17.9 Å². The van der Waals surface area contributed by atoms with Crippen LogP contribution in [0, 0.1) is 5.92 Å². The van der Waals surface area contributed by atoms with Crippen LogP contribution in [0.15, 0.2) is 29.2 Å². The molecule has 0 amide bonds. The van der Waals surface area contributed by atoms with Gasteiger partial charge in [0.05, 0.1) is 29.4 Å². The van der Waals surface area contributed by atoms with Crippen LogP contribution in [0.4, 0.5) is 5.69 Å². The van der Waals surface area contributed by atoms with Crippen molar-refractivity contribution in [3.63, 3.8) is 0 Å². The Morgan fingerprint density at radius 1 is 1.33 bits per heavy atom. The molecule has 1 aromatic rings. The molecule has 0 unspecified atom stereocenters. The van der Waals surface area contributed by atoms with Gasteiger partial charge in [-0.1, -0.05) is 19.1 Å². The SMILES string of the molecule is CCS(=O)(=O)c1ccccc1N[C@@H]1CC[C@H](C(=O)OC)C1. The van der Waals surface area contributed by atoms with Crippen LogP contribution in [0.2, 0.25) is 0 Å². The number of sulfone groups is 1. The van der Waals surface area contributed by atoms with Gasteiger partial charge in [-0.2, -0.15) is 0 Å². The lowest BCUT2D eigenvalue weighted by Gasteiger charge is -2.17. The van der Waals surface area contributed by atoms with Crippen molar-refractivity contribution in [2.45, 2.75) is 37.1 Å². The molecule has 2 rings (SSSR count). The van der Waals surface area contributed by atoms with Crippen molar-refractivity contribution in [3.8, 4) is 0 Å². The van der Waals surface area contributed by atoms with Gasteiger partial charge in [-0.15, -0.1) is 0 Å². The maximum Gasteiger partial charge on any atom is 0.308 e. The monoisotopic (exact) mass is 311 g/mol. The minimum absolute atomic E-state index is 0.0706. The third-order valence-corrected chi connectivity index (χ3v) is 5.72. The van der Waals surface area contributed by atoms with Crippen LogP contribution in [0.5, 0.6) is 0 Å². The molecule has 1 fully saturated rings. The van der Waals surface area contributed by atoms with E-state index in [0.29, 0.717) is 17.0 Å². The van der Waals surface area contributed by atoms with Crippen molar-refractivity contribution in [1.29, 1.82) is 0 Å². The molecule has 0 heterocycles. The summed E-state index contributed by atoms with van der Waals surface area (Å²) < 4.78 is 29.0. The number of nitrogens with one attached hydrogen (secondary N) is 1. The van der Waals surface area contributed by atoms with E-state index in [1.54, 1.807) is 25.1 Å². The van der Waals surface area contributed by atoms with Gasteiger partial charge in [0.15, 0.2) is 9.84 Å². The fourth-order valence-corrected chi connectivity index (χ4v) is 3.78. The highest BCUT2D eigenvalue weighted by Crippen LogP contribution is 2.31. The lowest BCUT2D eigenvalue weighted by molar-refractivity contribution is -0.145. The smallest absolute Gasteiger partial charge is 0.308 e. The number of methoxy groups -OCH3 is 1. The van der Waals surface area contributed by atoms with E-state index in [4.69, 9.17) is 4.74 Å². The first-order valence-corrected chi connectivity index (χ1v) is 8.79. The third-order valence-electron chi connectivity index (χ3n) is 3.93. The number of benzene rings is 1. The summed E-state index contributed by atoms with van der Waals surface area (Å²) in [6.45, 7) is 1.63. The van der Waals surface area contributed by atoms with Crippen LogP contribution in [-0.2, 0) is 19.4 Å². The summed E-state index contributed by atoms with van der Waals surface area (Å²) in [5.74, 6) is -0.211. The molecule has 6 heteroatoms. The Morgan fingerprint density at radius 3 is 2.71 bits per heavy atom. The number of carbonyl (C=O) groups excluding carboxylic acids is 1. The number of rotatable bonds is 5. The fourth-order valence-electron chi connectivity index (χ4n) is 2.73.